The van der Waals surface area contributed by atoms with Gasteiger partial charge in [0.25, 0.3) is 0 Å². The lowest BCUT2D eigenvalue weighted by Crippen LogP contribution is -2.01. The summed E-state index contributed by atoms with van der Waals surface area (Å²) in [4.78, 5) is 9.45. The van der Waals surface area contributed by atoms with Crippen molar-refractivity contribution in [2.75, 3.05) is 0 Å². The maximum absolute atomic E-state index is 8.61. The van der Waals surface area contributed by atoms with Gasteiger partial charge in [-0.25, -0.2) is 9.97 Å². The minimum absolute atomic E-state index is 0.466. The lowest BCUT2D eigenvalue weighted by molar-refractivity contribution is 0.604. The lowest BCUT2D eigenvalue weighted by atomic mass is 10.4. The normalized spacial score (nSPS) is 10.3. The Morgan fingerprint density at radius 1 is 1.33 bits per heavy atom. The van der Waals surface area contributed by atoms with Gasteiger partial charge in [0.2, 0.25) is 0 Å². The molecule has 0 aliphatic rings. The van der Waals surface area contributed by atoms with Crippen LogP contribution in [-0.4, -0.2) is 19.7 Å². The standard InChI is InChI=1S/C12H13N5S/c1-9-11(18-12-14-6-4-7-15-12)10(2)17(16-9)8-3-5-13/h4,6-7H,3,8H2,1-2H3. The highest BCUT2D eigenvalue weighted by Crippen LogP contribution is 2.30. The van der Waals surface area contributed by atoms with E-state index in [4.69, 9.17) is 5.26 Å². The molecule has 0 unspecified atom stereocenters. The second-order valence-corrected chi connectivity index (χ2v) is 4.74. The third-order valence-electron chi connectivity index (χ3n) is 2.49. The summed E-state index contributed by atoms with van der Waals surface area (Å²) in [5.41, 5.74) is 2.00. The van der Waals surface area contributed by atoms with Crippen molar-refractivity contribution in [1.29, 1.82) is 5.26 Å². The van der Waals surface area contributed by atoms with E-state index < -0.39 is 0 Å². The zero-order valence-corrected chi connectivity index (χ0v) is 11.1. The first-order valence-corrected chi connectivity index (χ1v) is 6.40. The number of nitrogens with zero attached hydrogens (tertiary/aromatic N) is 5. The van der Waals surface area contributed by atoms with E-state index in [0.29, 0.717) is 18.1 Å². The van der Waals surface area contributed by atoms with Crippen LogP contribution in [0.25, 0.3) is 0 Å². The first-order valence-electron chi connectivity index (χ1n) is 5.58. The molecule has 0 aliphatic heterocycles. The van der Waals surface area contributed by atoms with Crippen LogP contribution in [0.2, 0.25) is 0 Å². The molecule has 0 aromatic carbocycles. The molecule has 0 saturated heterocycles. The molecule has 0 radical (unpaired) electrons. The first-order chi connectivity index (χ1) is 8.72. The van der Waals surface area contributed by atoms with Crippen LogP contribution in [0.5, 0.6) is 0 Å². The molecule has 2 rings (SSSR count). The molecule has 0 N–H and O–H groups in total. The van der Waals surface area contributed by atoms with Gasteiger partial charge in [-0.15, -0.1) is 0 Å². The molecule has 2 aromatic rings. The van der Waals surface area contributed by atoms with Crippen molar-refractivity contribution < 1.29 is 0 Å². The van der Waals surface area contributed by atoms with Gasteiger partial charge in [-0.3, -0.25) is 4.68 Å². The number of rotatable bonds is 4. The Hall–Kier alpha value is -1.87. The Kier molecular flexibility index (Phi) is 3.95. The molecule has 0 spiro atoms. The molecule has 0 fully saturated rings. The summed E-state index contributed by atoms with van der Waals surface area (Å²) in [6.07, 6.45) is 3.91. The van der Waals surface area contributed by atoms with Crippen LogP contribution in [0.4, 0.5) is 0 Å². The molecule has 0 saturated carbocycles. The van der Waals surface area contributed by atoms with Crippen molar-refractivity contribution in [3.8, 4) is 6.07 Å². The highest BCUT2D eigenvalue weighted by molar-refractivity contribution is 7.99. The van der Waals surface area contributed by atoms with E-state index in [1.54, 1.807) is 18.5 Å². The second-order valence-electron chi connectivity index (χ2n) is 3.76. The predicted octanol–water partition coefficient (Wildman–Crippen LogP) is 2.35. The van der Waals surface area contributed by atoms with E-state index in [1.807, 2.05) is 18.5 Å². The summed E-state index contributed by atoms with van der Waals surface area (Å²) < 4.78 is 1.86. The van der Waals surface area contributed by atoms with E-state index >= 15 is 0 Å². The number of aromatic nitrogens is 4. The van der Waals surface area contributed by atoms with Crippen molar-refractivity contribution in [1.82, 2.24) is 19.7 Å². The van der Waals surface area contributed by atoms with Crippen molar-refractivity contribution in [2.45, 2.75) is 36.9 Å². The van der Waals surface area contributed by atoms with Gasteiger partial charge in [-0.1, -0.05) is 0 Å². The van der Waals surface area contributed by atoms with Gasteiger partial charge in [0, 0.05) is 18.1 Å². The molecule has 0 bridgehead atoms. The van der Waals surface area contributed by atoms with Crippen LogP contribution in [0, 0.1) is 25.2 Å². The van der Waals surface area contributed by atoms with Gasteiger partial charge in [-0.2, -0.15) is 10.4 Å². The highest BCUT2D eigenvalue weighted by Gasteiger charge is 2.13. The fourth-order valence-corrected chi connectivity index (χ4v) is 2.48. The van der Waals surface area contributed by atoms with Crippen LogP contribution in [0.1, 0.15) is 17.8 Å². The van der Waals surface area contributed by atoms with Crippen LogP contribution < -0.4 is 0 Å². The molecular formula is C12H13N5S. The molecule has 18 heavy (non-hydrogen) atoms. The smallest absolute Gasteiger partial charge is 0.192 e. The Morgan fingerprint density at radius 2 is 2.06 bits per heavy atom. The molecule has 5 nitrogen and oxygen atoms in total. The lowest BCUT2D eigenvalue weighted by Gasteiger charge is -2.02. The number of hydrogen-bond acceptors (Lipinski definition) is 5. The summed E-state index contributed by atoms with van der Waals surface area (Å²) in [6.45, 7) is 4.59. The van der Waals surface area contributed by atoms with Crippen molar-refractivity contribution in [2.24, 2.45) is 0 Å². The molecule has 2 heterocycles. The van der Waals surface area contributed by atoms with Gasteiger partial charge in [0.05, 0.1) is 29.6 Å². The number of aryl methyl sites for hydroxylation is 2. The van der Waals surface area contributed by atoms with E-state index in [9.17, 15) is 0 Å². The SMILES string of the molecule is Cc1nn(CCC#N)c(C)c1Sc1ncccn1. The van der Waals surface area contributed by atoms with Gasteiger partial charge in [0.15, 0.2) is 5.16 Å². The quantitative estimate of drug-likeness (QED) is 0.788. The van der Waals surface area contributed by atoms with Crippen LogP contribution in [0.3, 0.4) is 0 Å². The van der Waals surface area contributed by atoms with Crippen molar-refractivity contribution in [3.63, 3.8) is 0 Å². The van der Waals surface area contributed by atoms with Crippen molar-refractivity contribution in [3.05, 3.63) is 29.8 Å². The molecule has 92 valence electrons. The number of hydrogen-bond donors (Lipinski definition) is 0. The summed E-state index contributed by atoms with van der Waals surface area (Å²) in [7, 11) is 0. The minimum atomic E-state index is 0.466. The van der Waals surface area contributed by atoms with E-state index in [1.165, 1.54) is 11.8 Å². The number of nitriles is 1. The molecule has 6 heteroatoms. The fourth-order valence-electron chi connectivity index (χ4n) is 1.63. The van der Waals surface area contributed by atoms with Gasteiger partial charge in [0.1, 0.15) is 0 Å². The molecule has 0 amide bonds. The second kappa shape index (κ2) is 5.65. The Bertz CT molecular complexity index is 570. The molecule has 0 aliphatic carbocycles. The van der Waals surface area contributed by atoms with Crippen molar-refractivity contribution >= 4 is 11.8 Å². The Morgan fingerprint density at radius 3 is 2.72 bits per heavy atom. The highest BCUT2D eigenvalue weighted by atomic mass is 32.2. The summed E-state index contributed by atoms with van der Waals surface area (Å²) in [6, 6.07) is 3.92. The summed E-state index contributed by atoms with van der Waals surface area (Å²) in [5, 5.41) is 13.8. The first kappa shape index (κ1) is 12.6. The maximum atomic E-state index is 8.61. The Balaban J connectivity index is 2.23. The van der Waals surface area contributed by atoms with E-state index in [-0.39, 0.29) is 0 Å². The minimum Gasteiger partial charge on any atom is -0.267 e. The average Bonchev–Trinajstić information content (AvgIpc) is 2.65. The zero-order chi connectivity index (χ0) is 13.0. The predicted molar refractivity (Wildman–Crippen MR) is 68.1 cm³/mol. The van der Waals surface area contributed by atoms with E-state index in [0.717, 1.165) is 16.3 Å². The van der Waals surface area contributed by atoms with E-state index in [2.05, 4.69) is 21.1 Å². The average molecular weight is 259 g/mol. The monoisotopic (exact) mass is 259 g/mol. The third kappa shape index (κ3) is 2.68. The van der Waals surface area contributed by atoms with Gasteiger partial charge < -0.3 is 0 Å². The van der Waals surface area contributed by atoms with Gasteiger partial charge >= 0.3 is 0 Å². The molecule has 0 atom stereocenters. The molecular weight excluding hydrogens is 246 g/mol. The Labute approximate surface area is 110 Å². The summed E-state index contributed by atoms with van der Waals surface area (Å²) >= 11 is 1.51. The topological polar surface area (TPSA) is 67.4 Å². The largest absolute Gasteiger partial charge is 0.267 e. The summed E-state index contributed by atoms with van der Waals surface area (Å²) in [5.74, 6) is 0. The molecule has 2 aromatic heterocycles. The fraction of sp³-hybridized carbons (Fsp3) is 0.333. The van der Waals surface area contributed by atoms with Gasteiger partial charge in [-0.05, 0) is 31.7 Å². The van der Waals surface area contributed by atoms with Crippen LogP contribution in [-0.2, 0) is 6.54 Å². The third-order valence-corrected chi connectivity index (χ3v) is 3.67. The zero-order valence-electron chi connectivity index (χ0n) is 10.3. The van der Waals surface area contributed by atoms with Crippen LogP contribution >= 0.6 is 11.8 Å². The van der Waals surface area contributed by atoms with Crippen LogP contribution in [0.15, 0.2) is 28.5 Å². The maximum Gasteiger partial charge on any atom is 0.192 e.